The van der Waals surface area contributed by atoms with Gasteiger partial charge >= 0.3 is 0 Å². The second-order valence-corrected chi connectivity index (χ2v) is 8.54. The molecule has 6 nitrogen and oxygen atoms in total. The average Bonchev–Trinajstić information content (AvgIpc) is 3.48. The Balaban J connectivity index is 1.42. The molecule has 0 aromatic heterocycles. The number of benzene rings is 2. The molecule has 1 aliphatic rings. The van der Waals surface area contributed by atoms with Crippen LogP contribution in [0, 0.1) is 0 Å². The predicted molar refractivity (Wildman–Crippen MR) is 109 cm³/mol. The van der Waals surface area contributed by atoms with Crippen molar-refractivity contribution in [2.24, 2.45) is 0 Å². The summed E-state index contributed by atoms with van der Waals surface area (Å²) < 4.78 is 32.4. The van der Waals surface area contributed by atoms with Crippen molar-refractivity contribution >= 4 is 33.6 Å². The van der Waals surface area contributed by atoms with Gasteiger partial charge in [-0.1, -0.05) is 23.7 Å². The van der Waals surface area contributed by atoms with Gasteiger partial charge in [0, 0.05) is 17.1 Å². The average molecular weight is 421 g/mol. The van der Waals surface area contributed by atoms with Gasteiger partial charge < -0.3 is 10.1 Å². The highest BCUT2D eigenvalue weighted by Crippen LogP contribution is 2.22. The van der Waals surface area contributed by atoms with Gasteiger partial charge in [0.1, 0.15) is 12.4 Å². The Kier molecular flexibility index (Phi) is 6.72. The molecule has 0 atom stereocenters. The van der Waals surface area contributed by atoms with Crippen molar-refractivity contribution < 1.29 is 17.9 Å². The minimum atomic E-state index is -3.46. The van der Waals surface area contributed by atoms with Crippen LogP contribution < -0.4 is 14.8 Å². The van der Waals surface area contributed by atoms with E-state index in [1.165, 1.54) is 18.2 Å². The Morgan fingerprint density at radius 3 is 2.43 bits per heavy atom. The molecule has 3 rings (SSSR count). The van der Waals surface area contributed by atoms with Crippen molar-refractivity contribution in [3.8, 4) is 5.75 Å². The van der Waals surface area contributed by atoms with Gasteiger partial charge in [0.25, 0.3) is 0 Å². The third kappa shape index (κ3) is 6.37. The maximum absolute atomic E-state index is 12.1. The summed E-state index contributed by atoms with van der Waals surface area (Å²) >= 11 is 5.80. The number of rotatable bonds is 9. The van der Waals surface area contributed by atoms with Gasteiger partial charge in [0.05, 0.1) is 11.4 Å². The lowest BCUT2D eigenvalue weighted by atomic mass is 10.2. The highest BCUT2D eigenvalue weighted by Gasteiger charge is 2.27. The fraction of sp³-hybridized carbons (Fsp3) is 0.250. The van der Waals surface area contributed by atoms with E-state index in [0.29, 0.717) is 23.9 Å². The van der Waals surface area contributed by atoms with Crippen molar-refractivity contribution in [2.45, 2.75) is 23.8 Å². The first-order valence-electron chi connectivity index (χ1n) is 8.89. The Bertz CT molecular complexity index is 937. The standard InChI is InChI=1S/C20H21ClN2O4S/c21-16-4-8-18(9-5-16)27-14-13-22-20(24)12-3-15-1-10-19(11-2-15)28(25,26)23-17-6-7-17/h1-5,8-12,17,23H,6-7,13-14H2,(H,22,24). The normalized spacial score (nSPS) is 14.2. The highest BCUT2D eigenvalue weighted by atomic mass is 35.5. The summed E-state index contributed by atoms with van der Waals surface area (Å²) in [5, 5.41) is 3.35. The Morgan fingerprint density at radius 2 is 1.79 bits per heavy atom. The predicted octanol–water partition coefficient (Wildman–Crippen LogP) is 2.99. The Labute approximate surface area is 169 Å². The van der Waals surface area contributed by atoms with Crippen molar-refractivity contribution in [1.29, 1.82) is 0 Å². The number of amides is 1. The summed E-state index contributed by atoms with van der Waals surface area (Å²) in [5.41, 5.74) is 0.734. The monoisotopic (exact) mass is 420 g/mol. The molecular weight excluding hydrogens is 400 g/mol. The number of hydrogen-bond acceptors (Lipinski definition) is 4. The van der Waals surface area contributed by atoms with E-state index in [2.05, 4.69) is 10.0 Å². The largest absolute Gasteiger partial charge is 0.492 e. The molecule has 28 heavy (non-hydrogen) atoms. The fourth-order valence-electron chi connectivity index (χ4n) is 2.35. The Hall–Kier alpha value is -2.35. The van der Waals surface area contributed by atoms with Crippen LogP contribution >= 0.6 is 11.6 Å². The molecule has 0 radical (unpaired) electrons. The maximum Gasteiger partial charge on any atom is 0.244 e. The second-order valence-electron chi connectivity index (χ2n) is 6.39. The van der Waals surface area contributed by atoms with Crippen LogP contribution in [0.15, 0.2) is 59.5 Å². The van der Waals surface area contributed by atoms with Crippen LogP contribution in [0.4, 0.5) is 0 Å². The molecule has 1 fully saturated rings. The zero-order chi connectivity index (χ0) is 20.0. The van der Waals surface area contributed by atoms with E-state index in [0.717, 1.165) is 18.4 Å². The van der Waals surface area contributed by atoms with E-state index in [9.17, 15) is 13.2 Å². The minimum Gasteiger partial charge on any atom is -0.492 e. The smallest absolute Gasteiger partial charge is 0.244 e. The number of carbonyl (C=O) groups is 1. The number of hydrogen-bond donors (Lipinski definition) is 2. The molecular formula is C20H21ClN2O4S. The van der Waals surface area contributed by atoms with Gasteiger partial charge in [-0.15, -0.1) is 0 Å². The third-order valence-electron chi connectivity index (χ3n) is 4.00. The first-order valence-corrected chi connectivity index (χ1v) is 10.8. The SMILES string of the molecule is O=C(C=Cc1ccc(S(=O)(=O)NC2CC2)cc1)NCCOc1ccc(Cl)cc1. The second kappa shape index (κ2) is 9.23. The molecule has 8 heteroatoms. The summed E-state index contributed by atoms with van der Waals surface area (Å²) in [7, 11) is -3.46. The molecule has 0 unspecified atom stereocenters. The first-order chi connectivity index (χ1) is 13.4. The van der Waals surface area contributed by atoms with E-state index in [-0.39, 0.29) is 16.8 Å². The molecule has 1 amide bonds. The van der Waals surface area contributed by atoms with Crippen LogP contribution in [0.5, 0.6) is 5.75 Å². The van der Waals surface area contributed by atoms with E-state index >= 15 is 0 Å². The molecule has 0 saturated heterocycles. The lowest BCUT2D eigenvalue weighted by Gasteiger charge is -2.06. The van der Waals surface area contributed by atoms with E-state index in [1.807, 2.05) is 0 Å². The molecule has 2 aromatic rings. The Morgan fingerprint density at radius 1 is 1.11 bits per heavy atom. The van der Waals surface area contributed by atoms with Crippen molar-refractivity contribution in [3.05, 3.63) is 65.2 Å². The van der Waals surface area contributed by atoms with Crippen molar-refractivity contribution in [3.63, 3.8) is 0 Å². The van der Waals surface area contributed by atoms with Crippen LogP contribution in [-0.2, 0) is 14.8 Å². The molecule has 0 heterocycles. The summed E-state index contributed by atoms with van der Waals surface area (Å²) in [5.74, 6) is 0.423. The van der Waals surface area contributed by atoms with E-state index < -0.39 is 10.0 Å². The van der Waals surface area contributed by atoms with Crippen LogP contribution in [0.3, 0.4) is 0 Å². The molecule has 0 aliphatic heterocycles. The summed E-state index contributed by atoms with van der Waals surface area (Å²) in [6.07, 6.45) is 4.80. The lowest BCUT2D eigenvalue weighted by molar-refractivity contribution is -0.116. The minimum absolute atomic E-state index is 0.0666. The molecule has 1 aliphatic carbocycles. The van der Waals surface area contributed by atoms with Crippen molar-refractivity contribution in [2.75, 3.05) is 13.2 Å². The fourth-order valence-corrected chi connectivity index (χ4v) is 3.78. The quantitative estimate of drug-likeness (QED) is 0.482. The number of halogens is 1. The van der Waals surface area contributed by atoms with Gasteiger partial charge in [0.15, 0.2) is 0 Å². The number of nitrogens with one attached hydrogen (secondary N) is 2. The lowest BCUT2D eigenvalue weighted by Crippen LogP contribution is -2.26. The molecule has 1 saturated carbocycles. The topological polar surface area (TPSA) is 84.5 Å². The van der Waals surface area contributed by atoms with Gasteiger partial charge in [-0.3, -0.25) is 4.79 Å². The molecule has 2 N–H and O–H groups in total. The van der Waals surface area contributed by atoms with Crippen LogP contribution in [0.1, 0.15) is 18.4 Å². The van der Waals surface area contributed by atoms with Crippen LogP contribution in [0.25, 0.3) is 6.08 Å². The number of carbonyl (C=O) groups excluding carboxylic acids is 1. The highest BCUT2D eigenvalue weighted by molar-refractivity contribution is 7.89. The zero-order valence-corrected chi connectivity index (χ0v) is 16.7. The number of sulfonamides is 1. The third-order valence-corrected chi connectivity index (χ3v) is 5.79. The molecule has 148 valence electrons. The maximum atomic E-state index is 12.1. The summed E-state index contributed by atoms with van der Waals surface area (Å²) in [4.78, 5) is 12.1. The summed E-state index contributed by atoms with van der Waals surface area (Å²) in [6.45, 7) is 0.692. The van der Waals surface area contributed by atoms with Gasteiger partial charge in [-0.2, -0.15) is 0 Å². The van der Waals surface area contributed by atoms with Crippen molar-refractivity contribution in [1.82, 2.24) is 10.0 Å². The number of ether oxygens (including phenoxy) is 1. The van der Waals surface area contributed by atoms with Crippen LogP contribution in [0.2, 0.25) is 5.02 Å². The van der Waals surface area contributed by atoms with Gasteiger partial charge in [-0.25, -0.2) is 13.1 Å². The molecule has 0 spiro atoms. The molecule has 0 bridgehead atoms. The van der Waals surface area contributed by atoms with E-state index in [4.69, 9.17) is 16.3 Å². The zero-order valence-electron chi connectivity index (χ0n) is 15.1. The van der Waals surface area contributed by atoms with Gasteiger partial charge in [-0.05, 0) is 60.9 Å². The first kappa shape index (κ1) is 20.4. The van der Waals surface area contributed by atoms with Crippen LogP contribution in [-0.4, -0.2) is 33.5 Å². The van der Waals surface area contributed by atoms with Gasteiger partial charge in [0.2, 0.25) is 15.9 Å². The summed E-state index contributed by atoms with van der Waals surface area (Å²) in [6, 6.07) is 13.4. The molecule has 2 aromatic carbocycles. The van der Waals surface area contributed by atoms with E-state index in [1.54, 1.807) is 42.5 Å².